The topological polar surface area (TPSA) is 83.1 Å². The SMILES string of the molecule is CNC(=O)c1ccccc1Nc1cc(NC(=O)C2CCc3ccccc32)ncc1C(F)(F)F. The molecule has 1 atom stereocenters. The van der Waals surface area contributed by atoms with Crippen molar-refractivity contribution in [3.63, 3.8) is 0 Å². The third-order valence-corrected chi connectivity index (χ3v) is 5.58. The number of halogens is 3. The van der Waals surface area contributed by atoms with Crippen molar-refractivity contribution in [3.8, 4) is 0 Å². The largest absolute Gasteiger partial charge is 0.419 e. The van der Waals surface area contributed by atoms with Crippen LogP contribution in [0.5, 0.6) is 0 Å². The number of rotatable bonds is 5. The molecule has 170 valence electrons. The normalized spacial score (nSPS) is 15.0. The van der Waals surface area contributed by atoms with Gasteiger partial charge < -0.3 is 16.0 Å². The van der Waals surface area contributed by atoms with Crippen LogP contribution in [0.25, 0.3) is 0 Å². The van der Waals surface area contributed by atoms with E-state index in [0.717, 1.165) is 23.6 Å². The summed E-state index contributed by atoms with van der Waals surface area (Å²) in [5, 5.41) is 7.79. The number of pyridine rings is 1. The lowest BCUT2D eigenvalue weighted by atomic mass is 10.0. The number of hydrogen-bond donors (Lipinski definition) is 3. The van der Waals surface area contributed by atoms with Crippen LogP contribution in [0.15, 0.2) is 60.8 Å². The summed E-state index contributed by atoms with van der Waals surface area (Å²) in [4.78, 5) is 28.8. The summed E-state index contributed by atoms with van der Waals surface area (Å²) in [6, 6.07) is 14.9. The zero-order chi connectivity index (χ0) is 23.6. The van der Waals surface area contributed by atoms with Crippen LogP contribution < -0.4 is 16.0 Å². The Bertz CT molecular complexity index is 1210. The maximum absolute atomic E-state index is 13.6. The van der Waals surface area contributed by atoms with Crippen LogP contribution >= 0.6 is 0 Å². The van der Waals surface area contributed by atoms with Crippen molar-refractivity contribution in [2.45, 2.75) is 24.9 Å². The molecule has 1 aliphatic rings. The zero-order valence-corrected chi connectivity index (χ0v) is 17.7. The van der Waals surface area contributed by atoms with Gasteiger partial charge in [-0.05, 0) is 36.1 Å². The summed E-state index contributed by atoms with van der Waals surface area (Å²) < 4.78 is 40.9. The van der Waals surface area contributed by atoms with Crippen LogP contribution in [0.3, 0.4) is 0 Å². The van der Waals surface area contributed by atoms with E-state index in [1.165, 1.54) is 19.2 Å². The Kier molecular flexibility index (Phi) is 6.04. The number of alkyl halides is 3. The van der Waals surface area contributed by atoms with Crippen LogP contribution in [-0.4, -0.2) is 23.8 Å². The highest BCUT2D eigenvalue weighted by atomic mass is 19.4. The molecule has 2 aromatic carbocycles. The Morgan fingerprint density at radius 3 is 2.52 bits per heavy atom. The van der Waals surface area contributed by atoms with E-state index >= 15 is 0 Å². The van der Waals surface area contributed by atoms with Crippen molar-refractivity contribution in [3.05, 3.63) is 83.0 Å². The Morgan fingerprint density at radius 2 is 1.76 bits per heavy atom. The molecule has 2 amide bonds. The molecule has 0 bridgehead atoms. The third kappa shape index (κ3) is 4.67. The second-order valence-corrected chi connectivity index (χ2v) is 7.64. The molecule has 3 N–H and O–H groups in total. The molecule has 3 aromatic rings. The lowest BCUT2D eigenvalue weighted by Gasteiger charge is -2.18. The summed E-state index contributed by atoms with van der Waals surface area (Å²) in [6.45, 7) is 0. The number of hydrogen-bond acceptors (Lipinski definition) is 4. The lowest BCUT2D eigenvalue weighted by molar-refractivity contribution is -0.137. The maximum Gasteiger partial charge on any atom is 0.419 e. The smallest absolute Gasteiger partial charge is 0.355 e. The Morgan fingerprint density at radius 1 is 1.03 bits per heavy atom. The van der Waals surface area contributed by atoms with Crippen LogP contribution in [0.2, 0.25) is 0 Å². The van der Waals surface area contributed by atoms with Gasteiger partial charge >= 0.3 is 6.18 Å². The first kappa shape index (κ1) is 22.3. The van der Waals surface area contributed by atoms with Crippen LogP contribution in [0, 0.1) is 0 Å². The van der Waals surface area contributed by atoms with Crippen molar-refractivity contribution in [2.24, 2.45) is 0 Å². The van der Waals surface area contributed by atoms with Gasteiger partial charge in [-0.15, -0.1) is 0 Å². The summed E-state index contributed by atoms with van der Waals surface area (Å²) in [5.74, 6) is -1.19. The van der Waals surface area contributed by atoms with E-state index in [1.807, 2.05) is 24.3 Å². The number of carbonyl (C=O) groups is 2. The lowest BCUT2D eigenvalue weighted by Crippen LogP contribution is -2.21. The molecule has 0 spiro atoms. The molecule has 1 aromatic heterocycles. The average molecular weight is 454 g/mol. The van der Waals surface area contributed by atoms with Gasteiger partial charge in [0.15, 0.2) is 0 Å². The first-order chi connectivity index (χ1) is 15.8. The molecular weight excluding hydrogens is 433 g/mol. The van der Waals surface area contributed by atoms with Gasteiger partial charge in [-0.2, -0.15) is 13.2 Å². The number of anilines is 3. The van der Waals surface area contributed by atoms with Crippen molar-refractivity contribution in [2.75, 3.05) is 17.7 Å². The summed E-state index contributed by atoms with van der Waals surface area (Å²) >= 11 is 0. The summed E-state index contributed by atoms with van der Waals surface area (Å²) in [6.07, 6.45) is -2.64. The minimum Gasteiger partial charge on any atom is -0.355 e. The van der Waals surface area contributed by atoms with E-state index in [1.54, 1.807) is 12.1 Å². The number of amides is 2. The van der Waals surface area contributed by atoms with Gasteiger partial charge in [0.25, 0.3) is 5.91 Å². The predicted molar refractivity (Wildman–Crippen MR) is 118 cm³/mol. The van der Waals surface area contributed by atoms with E-state index in [0.29, 0.717) is 12.6 Å². The highest BCUT2D eigenvalue weighted by Gasteiger charge is 2.35. The van der Waals surface area contributed by atoms with Crippen LogP contribution in [-0.2, 0) is 17.4 Å². The van der Waals surface area contributed by atoms with E-state index in [-0.39, 0.29) is 28.7 Å². The molecule has 6 nitrogen and oxygen atoms in total. The fourth-order valence-corrected chi connectivity index (χ4v) is 3.97. The standard InChI is InChI=1S/C24H21F3N4O2/c1-28-22(32)17-8-4-5-9-19(17)30-20-12-21(29-13-18(20)24(25,26)27)31-23(33)16-11-10-14-6-2-3-7-15(14)16/h2-9,12-13,16H,10-11H2,1H3,(H,28,32)(H2,29,30,31,33). The minimum absolute atomic E-state index is 0.0164. The predicted octanol–water partition coefficient (Wildman–Crippen LogP) is 4.87. The highest BCUT2D eigenvalue weighted by Crippen LogP contribution is 2.38. The van der Waals surface area contributed by atoms with Gasteiger partial charge in [-0.1, -0.05) is 36.4 Å². The molecular formula is C24H21F3N4O2. The van der Waals surface area contributed by atoms with Gasteiger partial charge in [0, 0.05) is 19.3 Å². The number of para-hydroxylation sites is 1. The molecule has 33 heavy (non-hydrogen) atoms. The molecule has 0 radical (unpaired) electrons. The number of benzene rings is 2. The van der Waals surface area contributed by atoms with Gasteiger partial charge in [0.2, 0.25) is 5.91 Å². The van der Waals surface area contributed by atoms with E-state index in [9.17, 15) is 22.8 Å². The molecule has 0 fully saturated rings. The molecule has 0 aliphatic heterocycles. The van der Waals surface area contributed by atoms with Gasteiger partial charge in [0.1, 0.15) is 5.82 Å². The van der Waals surface area contributed by atoms with E-state index in [4.69, 9.17) is 0 Å². The van der Waals surface area contributed by atoms with Crippen molar-refractivity contribution < 1.29 is 22.8 Å². The molecule has 1 heterocycles. The van der Waals surface area contributed by atoms with Gasteiger partial charge in [0.05, 0.1) is 28.4 Å². The Balaban J connectivity index is 1.64. The van der Waals surface area contributed by atoms with Crippen molar-refractivity contribution >= 4 is 29.0 Å². The third-order valence-electron chi connectivity index (χ3n) is 5.58. The fourth-order valence-electron chi connectivity index (χ4n) is 3.97. The zero-order valence-electron chi connectivity index (χ0n) is 17.7. The number of carbonyl (C=O) groups excluding carboxylic acids is 2. The van der Waals surface area contributed by atoms with Gasteiger partial charge in [-0.25, -0.2) is 4.98 Å². The summed E-state index contributed by atoms with van der Waals surface area (Å²) in [7, 11) is 1.43. The first-order valence-electron chi connectivity index (χ1n) is 10.3. The van der Waals surface area contributed by atoms with Crippen LogP contribution in [0.4, 0.5) is 30.4 Å². The monoisotopic (exact) mass is 454 g/mol. The van der Waals surface area contributed by atoms with Crippen molar-refractivity contribution in [1.82, 2.24) is 10.3 Å². The highest BCUT2D eigenvalue weighted by molar-refractivity contribution is 6.00. The number of aryl methyl sites for hydroxylation is 1. The number of aromatic nitrogens is 1. The molecule has 9 heteroatoms. The Labute approximate surface area is 188 Å². The fraction of sp³-hybridized carbons (Fsp3) is 0.208. The van der Waals surface area contributed by atoms with E-state index in [2.05, 4.69) is 20.9 Å². The Hall–Kier alpha value is -3.88. The molecule has 0 saturated heterocycles. The molecule has 4 rings (SSSR count). The number of nitrogens with zero attached hydrogens (tertiary/aromatic N) is 1. The number of fused-ring (bicyclic) bond motifs is 1. The summed E-state index contributed by atoms with van der Waals surface area (Å²) in [5.41, 5.74) is 1.04. The second-order valence-electron chi connectivity index (χ2n) is 7.64. The quantitative estimate of drug-likeness (QED) is 0.514. The average Bonchev–Trinajstić information content (AvgIpc) is 3.23. The van der Waals surface area contributed by atoms with Crippen LogP contribution in [0.1, 0.15) is 39.4 Å². The second kappa shape index (κ2) is 8.93. The van der Waals surface area contributed by atoms with Gasteiger partial charge in [-0.3, -0.25) is 9.59 Å². The van der Waals surface area contributed by atoms with Crippen molar-refractivity contribution in [1.29, 1.82) is 0 Å². The molecule has 1 unspecified atom stereocenters. The molecule has 0 saturated carbocycles. The molecule has 1 aliphatic carbocycles. The first-order valence-corrected chi connectivity index (χ1v) is 10.3. The van der Waals surface area contributed by atoms with E-state index < -0.39 is 23.6 Å². The maximum atomic E-state index is 13.6. The number of nitrogens with one attached hydrogen (secondary N) is 3. The minimum atomic E-state index is -4.69.